The fraction of sp³-hybridized carbons (Fsp3) is 0.938. The SMILES string of the molecule is N#CCCCCCCOCCCCCC1CCCO1. The van der Waals surface area contributed by atoms with Crippen LogP contribution >= 0.6 is 0 Å². The van der Waals surface area contributed by atoms with E-state index in [1.54, 1.807) is 0 Å². The van der Waals surface area contributed by atoms with Crippen LogP contribution in [0.4, 0.5) is 0 Å². The van der Waals surface area contributed by atoms with Gasteiger partial charge in [0.05, 0.1) is 12.2 Å². The first-order valence-electron chi connectivity index (χ1n) is 8.00. The lowest BCUT2D eigenvalue weighted by atomic mass is 10.1. The molecule has 0 aliphatic carbocycles. The predicted molar refractivity (Wildman–Crippen MR) is 77.0 cm³/mol. The average molecular weight is 267 g/mol. The second-order valence-corrected chi connectivity index (χ2v) is 5.42. The van der Waals surface area contributed by atoms with Crippen LogP contribution in [-0.2, 0) is 9.47 Å². The van der Waals surface area contributed by atoms with Crippen molar-refractivity contribution in [2.24, 2.45) is 0 Å². The Hall–Kier alpha value is -0.590. The van der Waals surface area contributed by atoms with Gasteiger partial charge in [-0.3, -0.25) is 0 Å². The molecular weight excluding hydrogens is 238 g/mol. The van der Waals surface area contributed by atoms with Crippen LogP contribution < -0.4 is 0 Å². The number of nitrogens with zero attached hydrogens (tertiary/aromatic N) is 1. The third-order valence-electron chi connectivity index (χ3n) is 3.67. The van der Waals surface area contributed by atoms with Gasteiger partial charge in [-0.15, -0.1) is 0 Å². The highest BCUT2D eigenvalue weighted by Gasteiger charge is 2.14. The van der Waals surface area contributed by atoms with E-state index in [9.17, 15) is 0 Å². The molecule has 0 aromatic carbocycles. The van der Waals surface area contributed by atoms with Crippen molar-refractivity contribution in [3.8, 4) is 6.07 Å². The molecule has 110 valence electrons. The van der Waals surface area contributed by atoms with E-state index in [0.29, 0.717) is 12.5 Å². The molecule has 0 saturated carbocycles. The zero-order chi connectivity index (χ0) is 13.6. The van der Waals surface area contributed by atoms with E-state index in [1.165, 1.54) is 44.9 Å². The molecule has 0 aromatic rings. The first kappa shape index (κ1) is 16.5. The lowest BCUT2D eigenvalue weighted by Gasteiger charge is -2.08. The molecule has 1 saturated heterocycles. The van der Waals surface area contributed by atoms with Crippen LogP contribution in [0.2, 0.25) is 0 Å². The van der Waals surface area contributed by atoms with Gasteiger partial charge in [0.15, 0.2) is 0 Å². The van der Waals surface area contributed by atoms with Crippen LogP contribution in [0, 0.1) is 11.3 Å². The summed E-state index contributed by atoms with van der Waals surface area (Å²) in [5, 5.41) is 8.40. The Bertz CT molecular complexity index is 231. The average Bonchev–Trinajstić information content (AvgIpc) is 2.93. The second-order valence-electron chi connectivity index (χ2n) is 5.42. The molecule has 1 heterocycles. The molecule has 1 aliphatic rings. The van der Waals surface area contributed by atoms with E-state index < -0.39 is 0 Å². The summed E-state index contributed by atoms with van der Waals surface area (Å²) in [5.41, 5.74) is 0. The molecule has 3 nitrogen and oxygen atoms in total. The maximum absolute atomic E-state index is 8.40. The van der Waals surface area contributed by atoms with Crippen LogP contribution in [-0.4, -0.2) is 25.9 Å². The van der Waals surface area contributed by atoms with Gasteiger partial charge in [0, 0.05) is 26.2 Å². The number of ether oxygens (including phenoxy) is 2. The summed E-state index contributed by atoms with van der Waals surface area (Å²) < 4.78 is 11.2. The van der Waals surface area contributed by atoms with E-state index in [-0.39, 0.29) is 0 Å². The van der Waals surface area contributed by atoms with Crippen LogP contribution in [0.5, 0.6) is 0 Å². The Morgan fingerprint density at radius 3 is 2.42 bits per heavy atom. The number of rotatable bonds is 12. The molecular formula is C16H29NO2. The molecule has 19 heavy (non-hydrogen) atoms. The first-order valence-corrected chi connectivity index (χ1v) is 8.00. The van der Waals surface area contributed by atoms with Crippen LogP contribution in [0.1, 0.15) is 70.6 Å². The summed E-state index contributed by atoms with van der Waals surface area (Å²) in [5.74, 6) is 0. The monoisotopic (exact) mass is 267 g/mol. The Morgan fingerprint density at radius 2 is 1.74 bits per heavy atom. The normalized spacial score (nSPS) is 18.6. The largest absolute Gasteiger partial charge is 0.381 e. The molecule has 0 bridgehead atoms. The summed E-state index contributed by atoms with van der Waals surface area (Å²) >= 11 is 0. The molecule has 0 aromatic heterocycles. The Morgan fingerprint density at radius 1 is 1.00 bits per heavy atom. The summed E-state index contributed by atoms with van der Waals surface area (Å²) in [4.78, 5) is 0. The van der Waals surface area contributed by atoms with Crippen molar-refractivity contribution < 1.29 is 9.47 Å². The third-order valence-corrected chi connectivity index (χ3v) is 3.67. The number of hydrogen-bond donors (Lipinski definition) is 0. The summed E-state index contributed by atoms with van der Waals surface area (Å²) in [6.45, 7) is 2.77. The van der Waals surface area contributed by atoms with E-state index >= 15 is 0 Å². The molecule has 0 N–H and O–H groups in total. The minimum atomic E-state index is 0.550. The molecule has 1 atom stereocenters. The van der Waals surface area contributed by atoms with Crippen molar-refractivity contribution in [1.29, 1.82) is 5.26 Å². The van der Waals surface area contributed by atoms with Gasteiger partial charge in [0.2, 0.25) is 0 Å². The minimum Gasteiger partial charge on any atom is -0.381 e. The standard InChI is InChI=1S/C16H29NO2/c17-12-6-2-1-3-7-13-18-14-8-4-5-10-16-11-9-15-19-16/h16H,1-11,13-15H2. The van der Waals surface area contributed by atoms with Gasteiger partial charge in [-0.25, -0.2) is 0 Å². The predicted octanol–water partition coefficient (Wildman–Crippen LogP) is 4.22. The molecule has 1 unspecified atom stereocenters. The van der Waals surface area contributed by atoms with Gasteiger partial charge >= 0.3 is 0 Å². The number of hydrogen-bond acceptors (Lipinski definition) is 3. The molecule has 0 radical (unpaired) electrons. The maximum atomic E-state index is 8.40. The Balaban J connectivity index is 1.68. The fourth-order valence-corrected chi connectivity index (χ4v) is 2.49. The van der Waals surface area contributed by atoms with E-state index in [2.05, 4.69) is 6.07 Å². The molecule has 0 amide bonds. The molecule has 1 aliphatic heterocycles. The van der Waals surface area contributed by atoms with Crippen molar-refractivity contribution in [3.63, 3.8) is 0 Å². The highest BCUT2D eigenvalue weighted by molar-refractivity contribution is 4.67. The quantitative estimate of drug-likeness (QED) is 0.497. The number of unbranched alkanes of at least 4 members (excludes halogenated alkanes) is 6. The summed E-state index contributed by atoms with van der Waals surface area (Å²) in [6.07, 6.45) is 13.3. The van der Waals surface area contributed by atoms with Crippen molar-refractivity contribution in [2.75, 3.05) is 19.8 Å². The van der Waals surface area contributed by atoms with E-state index in [1.807, 2.05) is 0 Å². The van der Waals surface area contributed by atoms with Crippen LogP contribution in [0.25, 0.3) is 0 Å². The van der Waals surface area contributed by atoms with Gasteiger partial charge in [-0.2, -0.15) is 5.26 Å². The lowest BCUT2D eigenvalue weighted by molar-refractivity contribution is 0.0985. The van der Waals surface area contributed by atoms with Gasteiger partial charge in [-0.05, 0) is 38.5 Å². The zero-order valence-corrected chi connectivity index (χ0v) is 12.2. The third kappa shape index (κ3) is 9.92. The summed E-state index contributed by atoms with van der Waals surface area (Å²) in [6, 6.07) is 2.18. The van der Waals surface area contributed by atoms with Crippen molar-refractivity contribution >= 4 is 0 Å². The highest BCUT2D eigenvalue weighted by atomic mass is 16.5. The van der Waals surface area contributed by atoms with Crippen LogP contribution in [0.15, 0.2) is 0 Å². The van der Waals surface area contributed by atoms with Gasteiger partial charge in [0.1, 0.15) is 0 Å². The van der Waals surface area contributed by atoms with E-state index in [4.69, 9.17) is 14.7 Å². The summed E-state index contributed by atoms with van der Waals surface area (Å²) in [7, 11) is 0. The van der Waals surface area contributed by atoms with Crippen molar-refractivity contribution in [2.45, 2.75) is 76.7 Å². The van der Waals surface area contributed by atoms with Crippen molar-refractivity contribution in [3.05, 3.63) is 0 Å². The van der Waals surface area contributed by atoms with Crippen LogP contribution in [0.3, 0.4) is 0 Å². The topological polar surface area (TPSA) is 42.2 Å². The molecule has 1 rings (SSSR count). The first-order chi connectivity index (χ1) is 9.43. The van der Waals surface area contributed by atoms with Gasteiger partial charge < -0.3 is 9.47 Å². The fourth-order valence-electron chi connectivity index (χ4n) is 2.49. The van der Waals surface area contributed by atoms with E-state index in [0.717, 1.165) is 39.1 Å². The Labute approximate surface area is 118 Å². The molecule has 0 spiro atoms. The zero-order valence-electron chi connectivity index (χ0n) is 12.2. The van der Waals surface area contributed by atoms with Gasteiger partial charge in [0.25, 0.3) is 0 Å². The smallest absolute Gasteiger partial charge is 0.0621 e. The molecule has 3 heteroatoms. The molecule has 1 fully saturated rings. The second kappa shape index (κ2) is 12.4. The van der Waals surface area contributed by atoms with Gasteiger partial charge in [-0.1, -0.05) is 25.7 Å². The van der Waals surface area contributed by atoms with Crippen molar-refractivity contribution in [1.82, 2.24) is 0 Å². The maximum Gasteiger partial charge on any atom is 0.0621 e. The minimum absolute atomic E-state index is 0.550. The lowest BCUT2D eigenvalue weighted by Crippen LogP contribution is -2.04. The highest BCUT2D eigenvalue weighted by Crippen LogP contribution is 2.18. The number of nitriles is 1. The Kier molecular flexibility index (Phi) is 10.8.